The molecule has 0 unspecified atom stereocenters. The molecule has 0 spiro atoms. The largest absolute Gasteiger partial charge is 0.465 e. The molecule has 0 amide bonds. The summed E-state index contributed by atoms with van der Waals surface area (Å²) in [5.41, 5.74) is 0. The molecule has 1 aliphatic heterocycles. The highest BCUT2D eigenvalue weighted by molar-refractivity contribution is 7.98. The molecule has 2 rings (SSSR count). The lowest BCUT2D eigenvalue weighted by Crippen LogP contribution is -2.24. The number of esters is 1. The van der Waals surface area contributed by atoms with E-state index in [1.807, 2.05) is 6.26 Å². The molecule has 3 nitrogen and oxygen atoms in total. The van der Waals surface area contributed by atoms with Crippen LogP contribution in [0.2, 0.25) is 0 Å². The van der Waals surface area contributed by atoms with E-state index in [9.17, 15) is 4.79 Å². The van der Waals surface area contributed by atoms with Crippen molar-refractivity contribution in [3.63, 3.8) is 0 Å². The first-order valence-corrected chi connectivity index (χ1v) is 6.51. The summed E-state index contributed by atoms with van der Waals surface area (Å²) in [6.45, 7) is 0.547. The van der Waals surface area contributed by atoms with Gasteiger partial charge in [-0.15, -0.1) is 0 Å². The summed E-state index contributed by atoms with van der Waals surface area (Å²) in [4.78, 5) is 11.5. The van der Waals surface area contributed by atoms with Crippen LogP contribution in [0.5, 0.6) is 0 Å². The summed E-state index contributed by atoms with van der Waals surface area (Å²) in [5, 5.41) is 0. The Kier molecular flexibility index (Phi) is 3.34. The Morgan fingerprint density at radius 2 is 2.36 bits per heavy atom. The van der Waals surface area contributed by atoms with Gasteiger partial charge < -0.3 is 9.47 Å². The molecule has 0 bridgehead atoms. The summed E-state index contributed by atoms with van der Waals surface area (Å²) in [6.07, 6.45) is 5.69. The Balaban J connectivity index is 1.68. The second kappa shape index (κ2) is 4.53. The molecule has 4 heteroatoms. The molecule has 1 saturated heterocycles. The number of carbonyl (C=O) groups excluding carboxylic acids is 1. The van der Waals surface area contributed by atoms with Gasteiger partial charge in [-0.25, -0.2) is 0 Å². The van der Waals surface area contributed by atoms with Crippen LogP contribution in [0, 0.1) is 5.92 Å². The van der Waals surface area contributed by atoms with E-state index in [1.54, 1.807) is 11.8 Å². The summed E-state index contributed by atoms with van der Waals surface area (Å²) >= 11 is 1.70. The number of ether oxygens (including phenoxy) is 2. The van der Waals surface area contributed by atoms with Gasteiger partial charge in [0, 0.05) is 5.75 Å². The van der Waals surface area contributed by atoms with Crippen LogP contribution in [-0.2, 0) is 14.3 Å². The number of hydrogen-bond donors (Lipinski definition) is 0. The highest BCUT2D eigenvalue weighted by Gasteiger charge is 2.46. The van der Waals surface area contributed by atoms with Crippen LogP contribution in [0.3, 0.4) is 0 Å². The minimum absolute atomic E-state index is 0.0204. The van der Waals surface area contributed by atoms with Crippen molar-refractivity contribution in [3.05, 3.63) is 0 Å². The smallest absolute Gasteiger partial charge is 0.309 e. The second-order valence-corrected chi connectivity index (χ2v) is 4.87. The zero-order valence-corrected chi connectivity index (χ0v) is 9.22. The van der Waals surface area contributed by atoms with Gasteiger partial charge in [-0.3, -0.25) is 4.79 Å². The molecule has 80 valence electrons. The summed E-state index contributed by atoms with van der Waals surface area (Å²) < 4.78 is 10.5. The van der Waals surface area contributed by atoms with Crippen LogP contribution >= 0.6 is 11.8 Å². The predicted octanol–water partition coefficient (Wildman–Crippen LogP) is 1.46. The van der Waals surface area contributed by atoms with Gasteiger partial charge >= 0.3 is 5.97 Å². The van der Waals surface area contributed by atoms with Crippen molar-refractivity contribution in [3.8, 4) is 0 Å². The number of hydrogen-bond acceptors (Lipinski definition) is 4. The molecule has 1 aliphatic carbocycles. The van der Waals surface area contributed by atoms with E-state index in [-0.39, 0.29) is 11.9 Å². The fraction of sp³-hybridized carbons (Fsp3) is 0.900. The van der Waals surface area contributed by atoms with Crippen LogP contribution in [0.4, 0.5) is 0 Å². The topological polar surface area (TPSA) is 38.8 Å². The molecule has 0 aromatic heterocycles. The maximum Gasteiger partial charge on any atom is 0.309 e. The molecule has 0 N–H and O–H groups in total. The zero-order valence-electron chi connectivity index (χ0n) is 8.40. The summed E-state index contributed by atoms with van der Waals surface area (Å²) in [5.74, 6) is 0.967. The molecule has 0 aromatic carbocycles. The first-order chi connectivity index (χ1) is 6.81. The van der Waals surface area contributed by atoms with E-state index in [1.165, 1.54) is 0 Å². The number of rotatable bonds is 4. The van der Waals surface area contributed by atoms with Crippen LogP contribution in [0.1, 0.15) is 19.3 Å². The predicted molar refractivity (Wildman–Crippen MR) is 55.3 cm³/mol. The van der Waals surface area contributed by atoms with Crippen molar-refractivity contribution in [2.75, 3.05) is 18.6 Å². The van der Waals surface area contributed by atoms with E-state index < -0.39 is 0 Å². The van der Waals surface area contributed by atoms with Gasteiger partial charge in [-0.2, -0.15) is 11.8 Å². The molecular weight excluding hydrogens is 200 g/mol. The second-order valence-electron chi connectivity index (χ2n) is 3.88. The van der Waals surface area contributed by atoms with Crippen molar-refractivity contribution in [1.29, 1.82) is 0 Å². The van der Waals surface area contributed by atoms with Gasteiger partial charge in [0.25, 0.3) is 0 Å². The molecule has 2 fully saturated rings. The zero-order chi connectivity index (χ0) is 9.97. The molecule has 0 aromatic rings. The monoisotopic (exact) mass is 216 g/mol. The first kappa shape index (κ1) is 10.3. The lowest BCUT2D eigenvalue weighted by molar-refractivity contribution is -0.148. The Morgan fingerprint density at radius 3 is 3.07 bits per heavy atom. The SMILES string of the molecule is CSCCOC(=O)[C@H]1CC[C@H]2O[C@H]2C1. The van der Waals surface area contributed by atoms with Gasteiger partial charge in [-0.1, -0.05) is 0 Å². The number of epoxide rings is 1. The Labute approximate surface area is 88.5 Å². The first-order valence-electron chi connectivity index (χ1n) is 5.12. The summed E-state index contributed by atoms with van der Waals surface area (Å²) in [7, 11) is 0. The lowest BCUT2D eigenvalue weighted by atomic mass is 9.89. The maximum absolute atomic E-state index is 11.5. The Morgan fingerprint density at radius 1 is 1.50 bits per heavy atom. The Hall–Kier alpha value is -0.220. The fourth-order valence-corrected chi connectivity index (χ4v) is 2.21. The van der Waals surface area contributed by atoms with Crippen molar-refractivity contribution < 1.29 is 14.3 Å². The lowest BCUT2D eigenvalue weighted by Gasteiger charge is -2.17. The molecule has 2 aliphatic rings. The summed E-state index contributed by atoms with van der Waals surface area (Å²) in [6, 6.07) is 0. The van der Waals surface area contributed by atoms with Crippen LogP contribution in [0.15, 0.2) is 0 Å². The number of thioether (sulfide) groups is 1. The van der Waals surface area contributed by atoms with E-state index in [0.717, 1.165) is 25.0 Å². The Bertz CT molecular complexity index is 219. The van der Waals surface area contributed by atoms with Gasteiger partial charge in [0.05, 0.1) is 18.1 Å². The highest BCUT2D eigenvalue weighted by Crippen LogP contribution is 2.39. The third kappa shape index (κ3) is 2.42. The van der Waals surface area contributed by atoms with E-state index in [4.69, 9.17) is 9.47 Å². The van der Waals surface area contributed by atoms with Crippen LogP contribution in [-0.4, -0.2) is 36.8 Å². The molecule has 1 saturated carbocycles. The van der Waals surface area contributed by atoms with Gasteiger partial charge in [0.1, 0.15) is 6.61 Å². The van der Waals surface area contributed by atoms with Crippen LogP contribution in [0.25, 0.3) is 0 Å². The highest BCUT2D eigenvalue weighted by atomic mass is 32.2. The quantitative estimate of drug-likeness (QED) is 0.405. The molecular formula is C10H16O3S. The van der Waals surface area contributed by atoms with Crippen molar-refractivity contribution >= 4 is 17.7 Å². The minimum Gasteiger partial charge on any atom is -0.465 e. The van der Waals surface area contributed by atoms with E-state index in [0.29, 0.717) is 18.8 Å². The van der Waals surface area contributed by atoms with Gasteiger partial charge in [0.15, 0.2) is 0 Å². The number of fused-ring (bicyclic) bond motifs is 1. The fourth-order valence-electron chi connectivity index (χ4n) is 1.96. The minimum atomic E-state index is -0.0204. The molecule has 1 heterocycles. The maximum atomic E-state index is 11.5. The van der Waals surface area contributed by atoms with Crippen molar-refractivity contribution in [2.45, 2.75) is 31.5 Å². The normalized spacial score (nSPS) is 34.8. The average molecular weight is 216 g/mol. The molecule has 14 heavy (non-hydrogen) atoms. The van der Waals surface area contributed by atoms with Crippen LogP contribution < -0.4 is 0 Å². The van der Waals surface area contributed by atoms with Crippen molar-refractivity contribution in [1.82, 2.24) is 0 Å². The standard InChI is InChI=1S/C10H16O3S/c1-14-5-4-12-10(11)7-2-3-8-9(6-7)13-8/h7-9H,2-6H2,1H3/t7-,8+,9-/m0/s1. The van der Waals surface area contributed by atoms with Gasteiger partial charge in [-0.05, 0) is 25.5 Å². The molecule has 0 radical (unpaired) electrons. The molecule has 3 atom stereocenters. The van der Waals surface area contributed by atoms with E-state index >= 15 is 0 Å². The number of carbonyl (C=O) groups is 1. The van der Waals surface area contributed by atoms with E-state index in [2.05, 4.69) is 0 Å². The third-order valence-corrected chi connectivity index (χ3v) is 3.44. The van der Waals surface area contributed by atoms with Gasteiger partial charge in [0.2, 0.25) is 0 Å². The average Bonchev–Trinajstić information content (AvgIpc) is 2.95. The van der Waals surface area contributed by atoms with Crippen molar-refractivity contribution in [2.24, 2.45) is 5.92 Å². The third-order valence-electron chi connectivity index (χ3n) is 2.87.